The monoisotopic (exact) mass is 204 g/mol. The van der Waals surface area contributed by atoms with E-state index in [2.05, 4.69) is 25.4 Å². The first-order valence-electron chi connectivity index (χ1n) is 4.67. The lowest BCUT2D eigenvalue weighted by atomic mass is 10.3. The van der Waals surface area contributed by atoms with Crippen molar-refractivity contribution >= 4 is 5.82 Å². The van der Waals surface area contributed by atoms with E-state index in [4.69, 9.17) is 5.84 Å². The fourth-order valence-electron chi connectivity index (χ4n) is 1.25. The summed E-state index contributed by atoms with van der Waals surface area (Å²) >= 11 is 0. The van der Waals surface area contributed by atoms with Gasteiger partial charge in [-0.2, -0.15) is 0 Å². The predicted molar refractivity (Wildman–Crippen MR) is 56.8 cm³/mol. The van der Waals surface area contributed by atoms with E-state index in [0.29, 0.717) is 17.5 Å². The number of hydrogen-bond acceptors (Lipinski definition) is 5. The summed E-state index contributed by atoms with van der Waals surface area (Å²) in [6, 6.07) is 1.81. The third-order valence-electron chi connectivity index (χ3n) is 2.00. The number of aromatic amines is 1. The molecule has 2 heterocycles. The first-order chi connectivity index (χ1) is 7.33. The lowest BCUT2D eigenvalue weighted by Gasteiger charge is -2.04. The molecule has 0 atom stereocenters. The van der Waals surface area contributed by atoms with Crippen LogP contribution in [0.3, 0.4) is 0 Å². The summed E-state index contributed by atoms with van der Waals surface area (Å²) < 4.78 is 0. The Bertz CT molecular complexity index is 414. The number of rotatable bonds is 3. The van der Waals surface area contributed by atoms with Gasteiger partial charge >= 0.3 is 0 Å². The van der Waals surface area contributed by atoms with E-state index in [1.165, 1.54) is 0 Å². The van der Waals surface area contributed by atoms with Gasteiger partial charge in [-0.25, -0.2) is 20.8 Å². The quantitative estimate of drug-likeness (QED) is 0.506. The van der Waals surface area contributed by atoms with Gasteiger partial charge in [0, 0.05) is 24.2 Å². The number of nitrogens with one attached hydrogen (secondary N) is 2. The van der Waals surface area contributed by atoms with Gasteiger partial charge in [-0.15, -0.1) is 0 Å². The van der Waals surface area contributed by atoms with E-state index in [1.807, 2.05) is 13.0 Å². The van der Waals surface area contributed by atoms with E-state index in [-0.39, 0.29) is 0 Å². The van der Waals surface area contributed by atoms with Gasteiger partial charge in [0.1, 0.15) is 5.82 Å². The van der Waals surface area contributed by atoms with Crippen molar-refractivity contribution in [3.63, 3.8) is 0 Å². The molecule has 0 fully saturated rings. The van der Waals surface area contributed by atoms with Crippen molar-refractivity contribution in [2.75, 3.05) is 5.43 Å². The zero-order chi connectivity index (χ0) is 10.7. The molecule has 0 saturated heterocycles. The van der Waals surface area contributed by atoms with Crippen LogP contribution in [0, 0.1) is 0 Å². The smallest absolute Gasteiger partial charge is 0.197 e. The fourth-order valence-corrected chi connectivity index (χ4v) is 1.25. The van der Waals surface area contributed by atoms with Crippen molar-refractivity contribution in [1.82, 2.24) is 19.9 Å². The number of aromatic nitrogens is 4. The molecule has 2 rings (SSSR count). The van der Waals surface area contributed by atoms with Crippen LogP contribution in [-0.2, 0) is 6.42 Å². The van der Waals surface area contributed by atoms with Gasteiger partial charge in [0.05, 0.1) is 0 Å². The third kappa shape index (κ3) is 1.94. The topological polar surface area (TPSA) is 92.5 Å². The Morgan fingerprint density at radius 1 is 1.47 bits per heavy atom. The van der Waals surface area contributed by atoms with Crippen molar-refractivity contribution < 1.29 is 0 Å². The molecule has 6 nitrogen and oxygen atoms in total. The Balaban J connectivity index is 2.47. The number of H-pyrrole nitrogens is 1. The first-order valence-corrected chi connectivity index (χ1v) is 4.67. The molecule has 0 unspecified atom stereocenters. The number of nitrogens with zero attached hydrogens (tertiary/aromatic N) is 3. The van der Waals surface area contributed by atoms with Crippen molar-refractivity contribution in [3.8, 4) is 11.6 Å². The number of nitrogen functional groups attached to an aromatic ring is 1. The molecule has 15 heavy (non-hydrogen) atoms. The number of imidazole rings is 1. The summed E-state index contributed by atoms with van der Waals surface area (Å²) in [4.78, 5) is 15.6. The van der Waals surface area contributed by atoms with Crippen LogP contribution in [-0.4, -0.2) is 19.9 Å². The third-order valence-corrected chi connectivity index (χ3v) is 2.00. The van der Waals surface area contributed by atoms with Crippen LogP contribution in [0.1, 0.15) is 12.6 Å². The van der Waals surface area contributed by atoms with Gasteiger partial charge in [-0.1, -0.05) is 6.92 Å². The zero-order valence-electron chi connectivity index (χ0n) is 8.36. The molecule has 0 radical (unpaired) electrons. The van der Waals surface area contributed by atoms with Crippen LogP contribution in [0.2, 0.25) is 0 Å². The van der Waals surface area contributed by atoms with Crippen molar-refractivity contribution in [1.29, 1.82) is 0 Å². The number of anilines is 1. The molecule has 0 bridgehead atoms. The Morgan fingerprint density at radius 2 is 2.33 bits per heavy atom. The normalized spacial score (nSPS) is 10.3. The van der Waals surface area contributed by atoms with Crippen molar-refractivity contribution in [3.05, 3.63) is 24.2 Å². The van der Waals surface area contributed by atoms with E-state index in [9.17, 15) is 0 Å². The molecule has 0 aliphatic rings. The molecule has 0 amide bonds. The maximum absolute atomic E-state index is 5.32. The highest BCUT2D eigenvalue weighted by atomic mass is 15.3. The minimum absolute atomic E-state index is 0.548. The Kier molecular flexibility index (Phi) is 2.59. The van der Waals surface area contributed by atoms with E-state index in [0.717, 1.165) is 12.1 Å². The number of hydrogen-bond donors (Lipinski definition) is 3. The zero-order valence-corrected chi connectivity index (χ0v) is 8.36. The molecule has 0 spiro atoms. The van der Waals surface area contributed by atoms with Crippen LogP contribution < -0.4 is 11.3 Å². The molecule has 0 aliphatic heterocycles. The molecule has 0 aromatic carbocycles. The summed E-state index contributed by atoms with van der Waals surface area (Å²) in [6.45, 7) is 2.02. The first kappa shape index (κ1) is 9.60. The van der Waals surface area contributed by atoms with Crippen LogP contribution in [0.25, 0.3) is 11.6 Å². The van der Waals surface area contributed by atoms with Gasteiger partial charge in [0.2, 0.25) is 0 Å². The highest BCUT2D eigenvalue weighted by Gasteiger charge is 2.06. The maximum Gasteiger partial charge on any atom is 0.197 e. The van der Waals surface area contributed by atoms with Crippen LogP contribution >= 0.6 is 0 Å². The van der Waals surface area contributed by atoms with E-state index >= 15 is 0 Å². The van der Waals surface area contributed by atoms with Crippen LogP contribution in [0.15, 0.2) is 18.5 Å². The number of aryl methyl sites for hydroxylation is 1. The average molecular weight is 204 g/mol. The molecule has 6 heteroatoms. The number of nitrogens with two attached hydrogens (primary N) is 1. The van der Waals surface area contributed by atoms with Gasteiger partial charge < -0.3 is 10.4 Å². The lowest BCUT2D eigenvalue weighted by Crippen LogP contribution is -2.10. The summed E-state index contributed by atoms with van der Waals surface area (Å²) in [7, 11) is 0. The van der Waals surface area contributed by atoms with E-state index < -0.39 is 0 Å². The standard InChI is InChI=1S/C9H12N6/c1-2-6-5-7(15-10)14-9(13-6)8-11-3-4-12-8/h3-5H,2,10H2,1H3,(H,11,12)(H,13,14,15). The van der Waals surface area contributed by atoms with Gasteiger partial charge in [0.15, 0.2) is 11.6 Å². The largest absolute Gasteiger partial charge is 0.342 e. The maximum atomic E-state index is 5.32. The molecule has 0 saturated carbocycles. The Labute approximate surface area is 86.9 Å². The molecule has 4 N–H and O–H groups in total. The summed E-state index contributed by atoms with van der Waals surface area (Å²) in [5.74, 6) is 7.10. The molecule has 2 aromatic heterocycles. The minimum atomic E-state index is 0.548. The fraction of sp³-hybridized carbons (Fsp3) is 0.222. The van der Waals surface area contributed by atoms with E-state index in [1.54, 1.807) is 12.4 Å². The summed E-state index contributed by atoms with van der Waals surface area (Å²) in [5.41, 5.74) is 3.43. The van der Waals surface area contributed by atoms with Crippen molar-refractivity contribution in [2.24, 2.45) is 5.84 Å². The summed E-state index contributed by atoms with van der Waals surface area (Å²) in [6.07, 6.45) is 4.21. The van der Waals surface area contributed by atoms with Gasteiger partial charge in [-0.05, 0) is 6.42 Å². The molecule has 78 valence electrons. The second-order valence-corrected chi connectivity index (χ2v) is 3.00. The van der Waals surface area contributed by atoms with Gasteiger partial charge in [-0.3, -0.25) is 0 Å². The van der Waals surface area contributed by atoms with Crippen LogP contribution in [0.4, 0.5) is 5.82 Å². The second kappa shape index (κ2) is 4.05. The molecular weight excluding hydrogens is 192 g/mol. The minimum Gasteiger partial charge on any atom is -0.342 e. The molecule has 0 aliphatic carbocycles. The summed E-state index contributed by atoms with van der Waals surface area (Å²) in [5, 5.41) is 0. The highest BCUT2D eigenvalue weighted by Crippen LogP contribution is 2.13. The van der Waals surface area contributed by atoms with Crippen molar-refractivity contribution in [2.45, 2.75) is 13.3 Å². The Morgan fingerprint density at radius 3 is 2.93 bits per heavy atom. The second-order valence-electron chi connectivity index (χ2n) is 3.00. The average Bonchev–Trinajstić information content (AvgIpc) is 2.81. The predicted octanol–water partition coefficient (Wildman–Crippen LogP) is 0.715. The Hall–Kier alpha value is -1.95. The van der Waals surface area contributed by atoms with Gasteiger partial charge in [0.25, 0.3) is 0 Å². The SMILES string of the molecule is CCc1cc(NN)nc(-c2ncc[nH]2)n1. The molecule has 2 aromatic rings. The lowest BCUT2D eigenvalue weighted by molar-refractivity contribution is 0.989. The number of hydrazine groups is 1. The highest BCUT2D eigenvalue weighted by molar-refractivity contribution is 5.48. The van der Waals surface area contributed by atoms with Crippen LogP contribution in [0.5, 0.6) is 0 Å². The molecular formula is C9H12N6.